The number of anilines is 1. The fraction of sp³-hybridized carbons (Fsp3) is 0.300. The van der Waals surface area contributed by atoms with Gasteiger partial charge in [0.2, 0.25) is 0 Å². The minimum Gasteiger partial charge on any atom is -0.478 e. The first-order valence-corrected chi connectivity index (χ1v) is 4.68. The van der Waals surface area contributed by atoms with Crippen molar-refractivity contribution in [2.45, 2.75) is 19.2 Å². The molecule has 0 aliphatic heterocycles. The van der Waals surface area contributed by atoms with E-state index in [2.05, 4.69) is 4.74 Å². The number of carbonyl (C=O) groups is 1. The van der Waals surface area contributed by atoms with Gasteiger partial charge in [0.15, 0.2) is 17.7 Å². The average Bonchev–Trinajstić information content (AvgIpc) is 2.19. The van der Waals surface area contributed by atoms with Crippen molar-refractivity contribution in [3.63, 3.8) is 0 Å². The predicted molar refractivity (Wildman–Crippen MR) is 53.9 cm³/mol. The normalized spacial score (nSPS) is 13.2. The van der Waals surface area contributed by atoms with Gasteiger partial charge in [0, 0.05) is 11.8 Å². The van der Waals surface area contributed by atoms with Crippen molar-refractivity contribution in [3.8, 4) is 5.75 Å². The molecule has 0 spiro atoms. The zero-order chi connectivity index (χ0) is 14.1. The molecule has 1 atom stereocenters. The van der Waals surface area contributed by atoms with Gasteiger partial charge < -0.3 is 15.6 Å². The first-order chi connectivity index (χ1) is 8.12. The maximum absolute atomic E-state index is 13.3. The lowest BCUT2D eigenvalue weighted by Gasteiger charge is -2.18. The summed E-state index contributed by atoms with van der Waals surface area (Å²) in [7, 11) is 0. The van der Waals surface area contributed by atoms with Crippen molar-refractivity contribution in [2.75, 3.05) is 5.73 Å². The number of alkyl halides is 3. The molecular formula is C10H9F4NO3. The van der Waals surface area contributed by atoms with E-state index in [1.165, 1.54) is 0 Å². The third kappa shape index (κ3) is 3.02. The highest BCUT2D eigenvalue weighted by Crippen LogP contribution is 2.29. The summed E-state index contributed by atoms with van der Waals surface area (Å²) in [5, 5.41) is 8.69. The number of halogens is 4. The zero-order valence-electron chi connectivity index (χ0n) is 9.08. The predicted octanol–water partition coefficient (Wildman–Crippen LogP) is 2.44. The summed E-state index contributed by atoms with van der Waals surface area (Å²) < 4.78 is 54.3. The summed E-state index contributed by atoms with van der Waals surface area (Å²) in [6, 6.07) is 1.22. The molecule has 18 heavy (non-hydrogen) atoms. The van der Waals surface area contributed by atoms with Gasteiger partial charge in [0.1, 0.15) is 0 Å². The van der Waals surface area contributed by atoms with Gasteiger partial charge in [-0.05, 0) is 13.0 Å². The van der Waals surface area contributed by atoms with Crippen molar-refractivity contribution < 1.29 is 32.2 Å². The van der Waals surface area contributed by atoms with Gasteiger partial charge in [-0.3, -0.25) is 0 Å². The van der Waals surface area contributed by atoms with Gasteiger partial charge in [0.05, 0.1) is 5.56 Å². The Labute approximate surface area is 99.0 Å². The lowest BCUT2D eigenvalue weighted by molar-refractivity contribution is -0.189. The maximum Gasteiger partial charge on any atom is 0.425 e. The number of aromatic carboxylic acids is 1. The van der Waals surface area contributed by atoms with Crippen molar-refractivity contribution in [1.82, 2.24) is 0 Å². The number of nitrogen functional groups attached to an aromatic ring is 1. The summed E-state index contributed by atoms with van der Waals surface area (Å²) in [5.41, 5.74) is 4.29. The van der Waals surface area contributed by atoms with Crippen LogP contribution >= 0.6 is 0 Å². The molecule has 0 aliphatic rings. The molecule has 0 bridgehead atoms. The summed E-state index contributed by atoms with van der Waals surface area (Å²) in [4.78, 5) is 10.7. The van der Waals surface area contributed by atoms with E-state index in [0.717, 1.165) is 0 Å². The lowest BCUT2D eigenvalue weighted by Crippen LogP contribution is -2.31. The molecule has 1 unspecified atom stereocenters. The summed E-state index contributed by atoms with van der Waals surface area (Å²) in [5.74, 6) is -3.46. The molecule has 4 nitrogen and oxygen atoms in total. The van der Waals surface area contributed by atoms with Crippen LogP contribution in [0.3, 0.4) is 0 Å². The molecule has 1 aromatic rings. The largest absolute Gasteiger partial charge is 0.478 e. The Kier molecular flexibility index (Phi) is 3.68. The Morgan fingerprint density at radius 2 is 2.00 bits per heavy atom. The van der Waals surface area contributed by atoms with Crippen LogP contribution in [0.5, 0.6) is 5.75 Å². The van der Waals surface area contributed by atoms with Crippen LogP contribution in [0, 0.1) is 5.82 Å². The van der Waals surface area contributed by atoms with E-state index < -0.39 is 41.1 Å². The Bertz CT molecular complexity index is 473. The Hall–Kier alpha value is -1.99. The topological polar surface area (TPSA) is 72.5 Å². The second kappa shape index (κ2) is 4.71. The van der Waals surface area contributed by atoms with E-state index in [0.29, 0.717) is 19.1 Å². The first-order valence-electron chi connectivity index (χ1n) is 4.68. The molecule has 0 heterocycles. The molecule has 1 aromatic carbocycles. The first kappa shape index (κ1) is 14.1. The van der Waals surface area contributed by atoms with E-state index in [1.54, 1.807) is 0 Å². The van der Waals surface area contributed by atoms with E-state index in [1.807, 2.05) is 0 Å². The molecule has 0 aromatic heterocycles. The Morgan fingerprint density at radius 3 is 2.44 bits per heavy atom. The number of nitrogens with two attached hydrogens (primary N) is 1. The van der Waals surface area contributed by atoms with Crippen LogP contribution in [0.1, 0.15) is 17.3 Å². The molecule has 0 aliphatic carbocycles. The van der Waals surface area contributed by atoms with Crippen LogP contribution in [0.2, 0.25) is 0 Å². The van der Waals surface area contributed by atoms with Crippen LogP contribution in [-0.4, -0.2) is 23.4 Å². The monoisotopic (exact) mass is 267 g/mol. The molecule has 3 N–H and O–H groups in total. The van der Waals surface area contributed by atoms with Gasteiger partial charge in [-0.15, -0.1) is 0 Å². The van der Waals surface area contributed by atoms with Crippen LogP contribution in [0.15, 0.2) is 12.1 Å². The van der Waals surface area contributed by atoms with E-state index in [4.69, 9.17) is 10.8 Å². The highest BCUT2D eigenvalue weighted by molar-refractivity contribution is 5.94. The third-order valence-corrected chi connectivity index (χ3v) is 2.10. The lowest BCUT2D eigenvalue weighted by atomic mass is 10.1. The molecule has 8 heteroatoms. The van der Waals surface area contributed by atoms with Crippen molar-refractivity contribution >= 4 is 11.7 Å². The second-order valence-electron chi connectivity index (χ2n) is 3.48. The van der Waals surface area contributed by atoms with Crippen LogP contribution < -0.4 is 10.5 Å². The maximum atomic E-state index is 13.3. The molecule has 0 amide bonds. The van der Waals surface area contributed by atoms with E-state index >= 15 is 0 Å². The molecule has 0 saturated heterocycles. The van der Waals surface area contributed by atoms with Crippen LogP contribution in [-0.2, 0) is 0 Å². The SMILES string of the molecule is CC(Oc1cc(C(=O)O)c(N)cc1F)C(F)(F)F. The van der Waals surface area contributed by atoms with Crippen molar-refractivity contribution in [3.05, 3.63) is 23.5 Å². The zero-order valence-corrected chi connectivity index (χ0v) is 9.08. The number of carboxylic acid groups (broad SMARTS) is 1. The van der Waals surface area contributed by atoms with E-state index in [9.17, 15) is 22.4 Å². The van der Waals surface area contributed by atoms with Gasteiger partial charge in [-0.1, -0.05) is 0 Å². The summed E-state index contributed by atoms with van der Waals surface area (Å²) in [6.07, 6.45) is -6.95. The Morgan fingerprint density at radius 1 is 1.44 bits per heavy atom. The van der Waals surface area contributed by atoms with Crippen molar-refractivity contribution in [1.29, 1.82) is 0 Å². The van der Waals surface area contributed by atoms with Gasteiger partial charge >= 0.3 is 12.1 Å². The number of carboxylic acids is 1. The highest BCUT2D eigenvalue weighted by atomic mass is 19.4. The molecule has 1 rings (SSSR count). The quantitative estimate of drug-likeness (QED) is 0.651. The average molecular weight is 267 g/mol. The molecule has 0 saturated carbocycles. The number of hydrogen-bond acceptors (Lipinski definition) is 3. The Balaban J connectivity index is 3.10. The van der Waals surface area contributed by atoms with E-state index in [-0.39, 0.29) is 0 Å². The minimum atomic E-state index is -4.68. The highest BCUT2D eigenvalue weighted by Gasteiger charge is 2.38. The minimum absolute atomic E-state index is 0.396. The fourth-order valence-corrected chi connectivity index (χ4v) is 1.10. The van der Waals surface area contributed by atoms with Crippen molar-refractivity contribution in [2.24, 2.45) is 0 Å². The third-order valence-electron chi connectivity index (χ3n) is 2.10. The molecular weight excluding hydrogens is 258 g/mol. The summed E-state index contributed by atoms with van der Waals surface area (Å²) >= 11 is 0. The van der Waals surface area contributed by atoms with Gasteiger partial charge in [-0.25, -0.2) is 9.18 Å². The standard InChI is InChI=1S/C10H9F4NO3/c1-4(10(12,13)14)18-8-2-5(9(16)17)7(15)3-6(8)11/h2-4H,15H2,1H3,(H,16,17). The number of benzene rings is 1. The smallest absolute Gasteiger partial charge is 0.425 e. The molecule has 0 radical (unpaired) electrons. The fourth-order valence-electron chi connectivity index (χ4n) is 1.10. The van der Waals surface area contributed by atoms with Gasteiger partial charge in [0.25, 0.3) is 0 Å². The number of rotatable bonds is 3. The number of ether oxygens (including phenoxy) is 1. The molecule has 0 fully saturated rings. The summed E-state index contributed by atoms with van der Waals surface area (Å²) in [6.45, 7) is 0.677. The van der Waals surface area contributed by atoms with Gasteiger partial charge in [-0.2, -0.15) is 13.2 Å². The van der Waals surface area contributed by atoms with Crippen LogP contribution in [0.4, 0.5) is 23.2 Å². The number of hydrogen-bond donors (Lipinski definition) is 2. The molecule has 100 valence electrons. The van der Waals surface area contributed by atoms with Crippen LogP contribution in [0.25, 0.3) is 0 Å². The second-order valence-corrected chi connectivity index (χ2v) is 3.48.